The normalized spacial score (nSPS) is 17.8. The first-order valence-corrected chi connectivity index (χ1v) is 8.85. The highest BCUT2D eigenvalue weighted by Crippen LogP contribution is 2.23. The molecule has 0 radical (unpaired) electrons. The van der Waals surface area contributed by atoms with Crippen molar-refractivity contribution >= 4 is 12.1 Å². The van der Waals surface area contributed by atoms with E-state index in [1.54, 1.807) is 27.7 Å². The number of hydrogen-bond donors (Lipinski definition) is 2. The van der Waals surface area contributed by atoms with Crippen molar-refractivity contribution in [3.8, 4) is 0 Å². The SMILES string of the molecule is CC(NC(=O)OC(C)(C)C)OCCOC(=O)C1NCCc2ccccc21. The highest BCUT2D eigenvalue weighted by molar-refractivity contribution is 5.78. The van der Waals surface area contributed by atoms with E-state index in [2.05, 4.69) is 10.6 Å². The van der Waals surface area contributed by atoms with Crippen molar-refractivity contribution in [2.45, 2.75) is 52.0 Å². The molecule has 1 aliphatic rings. The number of nitrogens with one attached hydrogen (secondary N) is 2. The van der Waals surface area contributed by atoms with E-state index in [0.29, 0.717) is 0 Å². The van der Waals surface area contributed by atoms with Crippen LogP contribution in [0.5, 0.6) is 0 Å². The summed E-state index contributed by atoms with van der Waals surface area (Å²) in [5.41, 5.74) is 1.56. The van der Waals surface area contributed by atoms with Crippen LogP contribution < -0.4 is 10.6 Å². The maximum absolute atomic E-state index is 12.3. The Kier molecular flexibility index (Phi) is 6.99. The van der Waals surface area contributed by atoms with Gasteiger partial charge in [0, 0.05) is 6.54 Å². The van der Waals surface area contributed by atoms with Crippen molar-refractivity contribution in [3.63, 3.8) is 0 Å². The van der Waals surface area contributed by atoms with Crippen LogP contribution in [0.2, 0.25) is 0 Å². The van der Waals surface area contributed by atoms with Crippen LogP contribution in [0, 0.1) is 0 Å². The number of carbonyl (C=O) groups excluding carboxylic acids is 2. The predicted molar refractivity (Wildman–Crippen MR) is 96.6 cm³/mol. The second kappa shape index (κ2) is 9.00. The van der Waals surface area contributed by atoms with E-state index in [1.807, 2.05) is 24.3 Å². The Morgan fingerprint density at radius 1 is 1.27 bits per heavy atom. The third-order valence-corrected chi connectivity index (χ3v) is 3.76. The van der Waals surface area contributed by atoms with Gasteiger partial charge >= 0.3 is 12.1 Å². The molecule has 2 unspecified atom stereocenters. The number of alkyl carbamates (subject to hydrolysis) is 1. The summed E-state index contributed by atoms with van der Waals surface area (Å²) in [6.45, 7) is 8.07. The van der Waals surface area contributed by atoms with Crippen molar-refractivity contribution in [2.24, 2.45) is 0 Å². The van der Waals surface area contributed by atoms with Crippen molar-refractivity contribution < 1.29 is 23.8 Å². The fraction of sp³-hybridized carbons (Fsp3) is 0.579. The van der Waals surface area contributed by atoms with Crippen LogP contribution in [0.15, 0.2) is 24.3 Å². The number of amides is 1. The Hall–Kier alpha value is -2.12. The Bertz CT molecular complexity index is 627. The van der Waals surface area contributed by atoms with Gasteiger partial charge in [0.1, 0.15) is 24.5 Å². The smallest absolute Gasteiger partial charge is 0.409 e. The average Bonchev–Trinajstić information content (AvgIpc) is 2.56. The quantitative estimate of drug-likeness (QED) is 0.458. The third-order valence-electron chi connectivity index (χ3n) is 3.76. The number of esters is 1. The first-order valence-electron chi connectivity index (χ1n) is 8.85. The zero-order chi connectivity index (χ0) is 19.2. The molecule has 1 aliphatic heterocycles. The molecule has 1 amide bonds. The standard InChI is InChI=1S/C19H28N2O5/c1-13(21-18(23)26-19(2,3)4)24-11-12-25-17(22)16-15-8-6-5-7-14(15)9-10-20-16/h5-8,13,16,20H,9-12H2,1-4H3,(H,21,23). The highest BCUT2D eigenvalue weighted by atomic mass is 16.6. The fourth-order valence-electron chi connectivity index (χ4n) is 2.68. The lowest BCUT2D eigenvalue weighted by Crippen LogP contribution is -2.39. The van der Waals surface area contributed by atoms with E-state index in [9.17, 15) is 9.59 Å². The number of benzene rings is 1. The monoisotopic (exact) mass is 364 g/mol. The van der Waals surface area contributed by atoms with Crippen LogP contribution in [0.1, 0.15) is 44.9 Å². The molecule has 0 saturated carbocycles. The number of carbonyl (C=O) groups is 2. The molecule has 144 valence electrons. The fourth-order valence-corrected chi connectivity index (χ4v) is 2.68. The highest BCUT2D eigenvalue weighted by Gasteiger charge is 2.27. The van der Waals surface area contributed by atoms with Crippen LogP contribution in [-0.2, 0) is 25.4 Å². The van der Waals surface area contributed by atoms with Gasteiger partial charge < -0.3 is 19.5 Å². The Labute approximate surface area is 154 Å². The molecule has 2 rings (SSSR count). The lowest BCUT2D eigenvalue weighted by molar-refractivity contribution is -0.148. The summed E-state index contributed by atoms with van der Waals surface area (Å²) in [4.78, 5) is 23.9. The maximum Gasteiger partial charge on any atom is 0.409 e. The maximum atomic E-state index is 12.3. The van der Waals surface area contributed by atoms with E-state index >= 15 is 0 Å². The molecule has 0 fully saturated rings. The van der Waals surface area contributed by atoms with Crippen LogP contribution in [0.25, 0.3) is 0 Å². The van der Waals surface area contributed by atoms with Crippen molar-refractivity contribution in [3.05, 3.63) is 35.4 Å². The molecule has 1 heterocycles. The minimum atomic E-state index is -0.567. The molecule has 0 spiro atoms. The lowest BCUT2D eigenvalue weighted by atomic mass is 9.94. The summed E-state index contributed by atoms with van der Waals surface area (Å²) < 4.78 is 15.9. The predicted octanol–water partition coefficient (Wildman–Crippen LogP) is 2.30. The van der Waals surface area contributed by atoms with E-state index in [-0.39, 0.29) is 19.2 Å². The zero-order valence-corrected chi connectivity index (χ0v) is 15.8. The second-order valence-corrected chi connectivity index (χ2v) is 7.16. The van der Waals surface area contributed by atoms with Gasteiger partial charge in [0.15, 0.2) is 0 Å². The van der Waals surface area contributed by atoms with E-state index in [1.165, 1.54) is 5.56 Å². The Balaban J connectivity index is 1.70. The van der Waals surface area contributed by atoms with Crippen LogP contribution in [-0.4, -0.2) is 43.7 Å². The molecule has 0 bridgehead atoms. The van der Waals surface area contributed by atoms with Crippen molar-refractivity contribution in [1.82, 2.24) is 10.6 Å². The molecule has 7 nitrogen and oxygen atoms in total. The summed E-state index contributed by atoms with van der Waals surface area (Å²) in [5, 5.41) is 5.75. The molecule has 2 atom stereocenters. The first kappa shape index (κ1) is 20.2. The summed E-state index contributed by atoms with van der Waals surface area (Å²) in [6.07, 6.45) is -0.196. The molecule has 2 N–H and O–H groups in total. The number of rotatable bonds is 6. The molecule has 1 aromatic rings. The average molecular weight is 364 g/mol. The third kappa shape index (κ3) is 6.31. The van der Waals surface area contributed by atoms with E-state index < -0.39 is 24.0 Å². The topological polar surface area (TPSA) is 85.9 Å². The van der Waals surface area contributed by atoms with Crippen molar-refractivity contribution in [2.75, 3.05) is 19.8 Å². The minimum absolute atomic E-state index is 0.111. The lowest BCUT2D eigenvalue weighted by Gasteiger charge is -2.25. The van der Waals surface area contributed by atoms with E-state index in [0.717, 1.165) is 18.5 Å². The van der Waals surface area contributed by atoms with Gasteiger partial charge in [-0.2, -0.15) is 0 Å². The van der Waals surface area contributed by atoms with Gasteiger partial charge in [0.2, 0.25) is 0 Å². The molecule has 26 heavy (non-hydrogen) atoms. The number of ether oxygens (including phenoxy) is 3. The number of hydrogen-bond acceptors (Lipinski definition) is 6. The molecule has 1 aromatic carbocycles. The Morgan fingerprint density at radius 2 is 2.00 bits per heavy atom. The van der Waals surface area contributed by atoms with Gasteiger partial charge in [-0.3, -0.25) is 5.32 Å². The second-order valence-electron chi connectivity index (χ2n) is 7.16. The van der Waals surface area contributed by atoms with E-state index in [4.69, 9.17) is 14.2 Å². The van der Waals surface area contributed by atoms with Gasteiger partial charge in [-0.25, -0.2) is 9.59 Å². The summed E-state index contributed by atoms with van der Waals surface area (Å²) in [5.74, 6) is -0.325. The van der Waals surface area contributed by atoms with Gasteiger partial charge in [0.25, 0.3) is 0 Å². The molecular weight excluding hydrogens is 336 g/mol. The van der Waals surface area contributed by atoms with Gasteiger partial charge in [-0.05, 0) is 45.2 Å². The summed E-state index contributed by atoms with van der Waals surface area (Å²) in [6, 6.07) is 7.41. The van der Waals surface area contributed by atoms with Crippen LogP contribution >= 0.6 is 0 Å². The molecule has 0 aliphatic carbocycles. The van der Waals surface area contributed by atoms with Gasteiger partial charge in [-0.15, -0.1) is 0 Å². The van der Waals surface area contributed by atoms with Gasteiger partial charge in [0.05, 0.1) is 6.61 Å². The first-order chi connectivity index (χ1) is 12.3. The van der Waals surface area contributed by atoms with Gasteiger partial charge in [-0.1, -0.05) is 24.3 Å². The summed E-state index contributed by atoms with van der Waals surface area (Å²) >= 11 is 0. The molecule has 0 aromatic heterocycles. The van der Waals surface area contributed by atoms with Crippen LogP contribution in [0.4, 0.5) is 4.79 Å². The van der Waals surface area contributed by atoms with Crippen LogP contribution in [0.3, 0.4) is 0 Å². The van der Waals surface area contributed by atoms with Crippen molar-refractivity contribution in [1.29, 1.82) is 0 Å². The zero-order valence-electron chi connectivity index (χ0n) is 15.8. The molecule has 0 saturated heterocycles. The molecule has 7 heteroatoms. The summed E-state index contributed by atoms with van der Waals surface area (Å²) in [7, 11) is 0. The molecular formula is C19H28N2O5. The minimum Gasteiger partial charge on any atom is -0.462 e. The Morgan fingerprint density at radius 3 is 2.73 bits per heavy atom. The number of fused-ring (bicyclic) bond motifs is 1. The largest absolute Gasteiger partial charge is 0.462 e.